The maximum absolute atomic E-state index is 15.5. The van der Waals surface area contributed by atoms with E-state index >= 15 is 4.79 Å². The molecular formula is C48H53NO14. The SMILES string of the molecule is CC(=O)O[C@H]1C(=O)[C@@]2(C)[C@H]([C@H](OC(=O)c3ccccc3)[C@]3(O)C[C@H](OC(=O)[C@H](O)[C@@H](NC(=O)Cc4ccccc4)c4ccccc4)C(C)=C1C3(C)C)[C@]1(OC(C)=O)CO[C@@H]1C[C@@H]2O. The number of hydrogen-bond donors (Lipinski definition) is 4. The van der Waals surface area contributed by atoms with E-state index < -0.39 is 113 Å². The van der Waals surface area contributed by atoms with Crippen LogP contribution in [0.2, 0.25) is 0 Å². The van der Waals surface area contributed by atoms with Gasteiger partial charge >= 0.3 is 23.9 Å². The smallest absolute Gasteiger partial charge is 0.338 e. The Morgan fingerprint density at radius 2 is 1.46 bits per heavy atom. The first-order chi connectivity index (χ1) is 29.8. The molecule has 4 aliphatic rings. The van der Waals surface area contributed by atoms with Crippen LogP contribution in [0.5, 0.6) is 0 Å². The number of rotatable bonds is 11. The fourth-order valence-electron chi connectivity index (χ4n) is 10.4. The number of Topliss-reactive ketones (excluding diaryl/α,β-unsaturated/α-hetero) is 1. The van der Waals surface area contributed by atoms with Gasteiger partial charge in [0.05, 0.1) is 42.1 Å². The molecule has 3 aliphatic carbocycles. The highest BCUT2D eigenvalue weighted by Crippen LogP contribution is 2.64. The van der Waals surface area contributed by atoms with Gasteiger partial charge < -0.3 is 44.3 Å². The predicted molar refractivity (Wildman–Crippen MR) is 222 cm³/mol. The quantitative estimate of drug-likeness (QED) is 0.123. The minimum atomic E-state index is -2.39. The summed E-state index contributed by atoms with van der Waals surface area (Å²) in [6.07, 6.45) is -10.5. The van der Waals surface area contributed by atoms with E-state index in [1.54, 1.807) is 92.7 Å². The van der Waals surface area contributed by atoms with E-state index in [4.69, 9.17) is 23.7 Å². The summed E-state index contributed by atoms with van der Waals surface area (Å²) in [4.78, 5) is 83.5. The van der Waals surface area contributed by atoms with Crippen molar-refractivity contribution in [3.05, 3.63) is 119 Å². The molecule has 3 fully saturated rings. The van der Waals surface area contributed by atoms with Crippen molar-refractivity contribution < 1.29 is 67.8 Å². The number of carbonyl (C=O) groups excluding carboxylic acids is 6. The van der Waals surface area contributed by atoms with E-state index in [9.17, 15) is 39.3 Å². The molecule has 4 N–H and O–H groups in total. The van der Waals surface area contributed by atoms with Crippen LogP contribution in [0.25, 0.3) is 0 Å². The Bertz CT molecular complexity index is 2300. The number of carbonyl (C=O) groups is 6. The zero-order chi connectivity index (χ0) is 45.6. The first-order valence-electron chi connectivity index (χ1n) is 20.9. The fraction of sp³-hybridized carbons (Fsp3) is 0.458. The van der Waals surface area contributed by atoms with Gasteiger partial charge in [0.25, 0.3) is 0 Å². The number of amides is 1. The molecule has 0 spiro atoms. The maximum Gasteiger partial charge on any atom is 0.338 e. The van der Waals surface area contributed by atoms with Gasteiger partial charge in [-0.2, -0.15) is 0 Å². The number of aliphatic hydroxyl groups excluding tert-OH is 2. The number of nitrogens with one attached hydrogen (secondary N) is 1. The standard InChI is InChI=1S/C48H53NO14/c1-26-32(61-44(57)38(54)37(30-18-12-8-13-19-30)49-35(53)22-29-16-10-7-11-17-29)24-48(58)42(62-43(56)31-20-14-9-15-21-31)40-46(6,33(52)23-34-47(40,25-59-34)63-28(3)51)41(55)39(60-27(2)50)36(26)45(48,4)5/h7-21,32-34,37-40,42,52,54,58H,22-25H2,1-6H3,(H,49,53)/t32-,33-,34+,37-,38+,39+,40-,42-,46+,47-,48+/m0/s1. The highest BCUT2D eigenvalue weighted by molar-refractivity contribution is 5.95. The Morgan fingerprint density at radius 3 is 2.03 bits per heavy atom. The Labute approximate surface area is 364 Å². The topological polar surface area (TPSA) is 221 Å². The van der Waals surface area contributed by atoms with Crippen LogP contribution in [0.15, 0.2) is 102 Å². The molecular weight excluding hydrogens is 815 g/mol. The molecule has 11 atom stereocenters. The number of benzene rings is 3. The largest absolute Gasteiger partial charge is 0.456 e. The van der Waals surface area contributed by atoms with Crippen molar-refractivity contribution in [1.29, 1.82) is 0 Å². The molecule has 1 heterocycles. The van der Waals surface area contributed by atoms with Gasteiger partial charge in [0.2, 0.25) is 5.91 Å². The second-order valence-corrected chi connectivity index (χ2v) is 17.7. The number of ketones is 1. The van der Waals surface area contributed by atoms with Gasteiger partial charge in [0, 0.05) is 32.1 Å². The van der Waals surface area contributed by atoms with Crippen LogP contribution in [0, 0.1) is 16.7 Å². The minimum absolute atomic E-state index is 0.000618. The van der Waals surface area contributed by atoms with E-state index in [1.807, 2.05) is 0 Å². The monoisotopic (exact) mass is 867 g/mol. The van der Waals surface area contributed by atoms with Crippen LogP contribution in [0.4, 0.5) is 0 Å². The van der Waals surface area contributed by atoms with Crippen LogP contribution in [0.3, 0.4) is 0 Å². The van der Waals surface area contributed by atoms with Gasteiger partial charge in [-0.15, -0.1) is 0 Å². The lowest BCUT2D eigenvalue weighted by Crippen LogP contribution is -2.82. The molecule has 2 saturated carbocycles. The van der Waals surface area contributed by atoms with Crippen molar-refractivity contribution in [2.24, 2.45) is 16.7 Å². The lowest BCUT2D eigenvalue weighted by Gasteiger charge is -2.67. The molecule has 2 bridgehead atoms. The maximum atomic E-state index is 15.5. The molecule has 334 valence electrons. The Kier molecular flexibility index (Phi) is 12.3. The summed E-state index contributed by atoms with van der Waals surface area (Å²) >= 11 is 0. The number of aliphatic hydroxyl groups is 3. The van der Waals surface area contributed by atoms with Gasteiger partial charge in [-0.25, -0.2) is 9.59 Å². The van der Waals surface area contributed by atoms with Crippen molar-refractivity contribution in [1.82, 2.24) is 5.32 Å². The second-order valence-electron chi connectivity index (χ2n) is 17.7. The summed E-state index contributed by atoms with van der Waals surface area (Å²) < 4.78 is 30.3. The van der Waals surface area contributed by atoms with Crippen LogP contribution in [0.1, 0.15) is 81.9 Å². The third-order valence-corrected chi connectivity index (χ3v) is 13.7. The van der Waals surface area contributed by atoms with Crippen LogP contribution in [-0.2, 0) is 54.1 Å². The molecule has 0 unspecified atom stereocenters. The molecule has 1 aliphatic heterocycles. The predicted octanol–water partition coefficient (Wildman–Crippen LogP) is 3.66. The van der Waals surface area contributed by atoms with Gasteiger partial charge in [-0.1, -0.05) is 92.7 Å². The molecule has 63 heavy (non-hydrogen) atoms. The van der Waals surface area contributed by atoms with Crippen molar-refractivity contribution >= 4 is 35.6 Å². The van der Waals surface area contributed by atoms with E-state index in [0.717, 1.165) is 13.8 Å². The summed E-state index contributed by atoms with van der Waals surface area (Å²) in [5.41, 5.74) is -6.56. The van der Waals surface area contributed by atoms with Gasteiger partial charge in [0.1, 0.15) is 23.9 Å². The zero-order valence-corrected chi connectivity index (χ0v) is 35.9. The summed E-state index contributed by atoms with van der Waals surface area (Å²) in [5, 5.41) is 40.3. The van der Waals surface area contributed by atoms with Crippen molar-refractivity contribution in [2.75, 3.05) is 6.61 Å². The molecule has 1 amide bonds. The van der Waals surface area contributed by atoms with Crippen molar-refractivity contribution in [2.45, 2.75) is 115 Å². The molecule has 3 aromatic carbocycles. The molecule has 1 saturated heterocycles. The van der Waals surface area contributed by atoms with Gasteiger partial charge in [-0.05, 0) is 48.3 Å². The lowest BCUT2D eigenvalue weighted by atomic mass is 9.44. The van der Waals surface area contributed by atoms with E-state index in [1.165, 1.54) is 26.0 Å². The molecule has 7 rings (SSSR count). The molecule has 15 nitrogen and oxygen atoms in total. The van der Waals surface area contributed by atoms with Crippen molar-refractivity contribution in [3.63, 3.8) is 0 Å². The van der Waals surface area contributed by atoms with Gasteiger partial charge in [-0.3, -0.25) is 19.2 Å². The first-order valence-corrected chi connectivity index (χ1v) is 20.9. The van der Waals surface area contributed by atoms with Gasteiger partial charge in [0.15, 0.2) is 23.6 Å². The number of fused-ring (bicyclic) bond motifs is 5. The zero-order valence-electron chi connectivity index (χ0n) is 35.9. The average Bonchev–Trinajstić information content (AvgIpc) is 3.24. The number of hydrogen-bond acceptors (Lipinski definition) is 14. The Hall–Kier alpha value is -5.74. The third kappa shape index (κ3) is 7.85. The Morgan fingerprint density at radius 1 is 0.857 bits per heavy atom. The average molecular weight is 868 g/mol. The van der Waals surface area contributed by atoms with Crippen LogP contribution < -0.4 is 5.32 Å². The first kappa shape index (κ1) is 45.3. The highest BCUT2D eigenvalue weighted by atomic mass is 16.6. The third-order valence-electron chi connectivity index (χ3n) is 13.7. The summed E-state index contributed by atoms with van der Waals surface area (Å²) in [6, 6.07) is 23.7. The second kappa shape index (κ2) is 17.1. The van der Waals surface area contributed by atoms with E-state index in [-0.39, 0.29) is 36.2 Å². The number of esters is 4. The van der Waals surface area contributed by atoms with E-state index in [0.29, 0.717) is 11.1 Å². The van der Waals surface area contributed by atoms with Crippen LogP contribution in [-0.4, -0.2) is 105 Å². The minimum Gasteiger partial charge on any atom is -0.456 e. The molecule has 0 radical (unpaired) electrons. The number of ether oxygens (including phenoxy) is 5. The molecule has 15 heteroatoms. The van der Waals surface area contributed by atoms with E-state index in [2.05, 4.69) is 5.32 Å². The van der Waals surface area contributed by atoms with Crippen molar-refractivity contribution in [3.8, 4) is 0 Å². The normalized spacial score (nSPS) is 31.5. The lowest BCUT2D eigenvalue weighted by molar-refractivity contribution is -0.346. The Balaban J connectivity index is 1.37. The summed E-state index contributed by atoms with van der Waals surface area (Å²) in [5.74, 6) is -6.73. The fourth-order valence-corrected chi connectivity index (χ4v) is 10.4. The summed E-state index contributed by atoms with van der Waals surface area (Å²) in [6.45, 7) is 7.99. The molecule has 0 aromatic heterocycles. The highest BCUT2D eigenvalue weighted by Gasteiger charge is 2.78. The van der Waals surface area contributed by atoms with Crippen LogP contribution >= 0.6 is 0 Å². The summed E-state index contributed by atoms with van der Waals surface area (Å²) in [7, 11) is 0. The molecule has 3 aromatic rings.